The summed E-state index contributed by atoms with van der Waals surface area (Å²) in [6.07, 6.45) is 1.83. The molecule has 0 spiro atoms. The van der Waals surface area contributed by atoms with Gasteiger partial charge in [0.15, 0.2) is 5.78 Å². The van der Waals surface area contributed by atoms with E-state index in [1.807, 2.05) is 54.6 Å². The highest BCUT2D eigenvalue weighted by Crippen LogP contribution is 2.30. The third kappa shape index (κ3) is 4.13. The number of ketones is 1. The van der Waals surface area contributed by atoms with Crippen LogP contribution in [0.2, 0.25) is 0 Å². The predicted octanol–water partition coefficient (Wildman–Crippen LogP) is 3.92. The maximum Gasteiger partial charge on any atom is 0.239 e. The van der Waals surface area contributed by atoms with Crippen LogP contribution < -0.4 is 4.90 Å². The Morgan fingerprint density at radius 3 is 2.31 bits per heavy atom. The van der Waals surface area contributed by atoms with Crippen LogP contribution in [0, 0.1) is 11.8 Å². The first-order valence-electron chi connectivity index (χ1n) is 9.99. The molecule has 2 heterocycles. The Morgan fingerprint density at radius 1 is 0.897 bits per heavy atom. The zero-order valence-electron chi connectivity index (χ0n) is 16.1. The Hall–Kier alpha value is -2.47. The van der Waals surface area contributed by atoms with Gasteiger partial charge in [-0.15, -0.1) is 0 Å². The largest absolute Gasteiger partial charge is 0.342 e. The molecule has 0 bridgehead atoms. The van der Waals surface area contributed by atoms with Gasteiger partial charge in [0.25, 0.3) is 0 Å². The van der Waals surface area contributed by atoms with Crippen LogP contribution in [0.4, 0.5) is 5.69 Å². The molecule has 2 aromatic rings. The van der Waals surface area contributed by atoms with Crippen molar-refractivity contribution in [1.82, 2.24) is 4.90 Å². The molecule has 4 rings (SSSR count). The van der Waals surface area contributed by atoms with Gasteiger partial charge in [0, 0.05) is 41.3 Å². The number of rotatable bonds is 4. The summed E-state index contributed by atoms with van der Waals surface area (Å²) in [5.74, 6) is -0.751. The Bertz CT molecular complexity index is 923. The van der Waals surface area contributed by atoms with Gasteiger partial charge in [-0.1, -0.05) is 52.3 Å². The fourth-order valence-electron chi connectivity index (χ4n) is 4.23. The molecule has 29 heavy (non-hydrogen) atoms. The second-order valence-electron chi connectivity index (χ2n) is 7.64. The summed E-state index contributed by atoms with van der Waals surface area (Å²) in [7, 11) is 0. The van der Waals surface area contributed by atoms with Crippen LogP contribution in [-0.4, -0.2) is 42.1 Å². The van der Waals surface area contributed by atoms with E-state index in [9.17, 15) is 14.4 Å². The van der Waals surface area contributed by atoms with Crippen LogP contribution in [0.3, 0.4) is 0 Å². The summed E-state index contributed by atoms with van der Waals surface area (Å²) in [6.45, 7) is 1.61. The van der Waals surface area contributed by atoms with Crippen molar-refractivity contribution >= 4 is 39.2 Å². The number of carbonyl (C=O) groups excluding carboxylic acids is 3. The Labute approximate surface area is 178 Å². The second-order valence-corrected chi connectivity index (χ2v) is 8.56. The smallest absolute Gasteiger partial charge is 0.239 e. The first kappa shape index (κ1) is 19.8. The van der Waals surface area contributed by atoms with Gasteiger partial charge < -0.3 is 9.80 Å². The van der Waals surface area contributed by atoms with Crippen LogP contribution in [0.5, 0.6) is 0 Å². The molecule has 0 N–H and O–H groups in total. The van der Waals surface area contributed by atoms with E-state index in [0.29, 0.717) is 38.9 Å². The van der Waals surface area contributed by atoms with Crippen LogP contribution in [0.25, 0.3) is 0 Å². The number of amides is 2. The lowest BCUT2D eigenvalue weighted by atomic mass is 9.88. The Balaban J connectivity index is 1.36. The average molecular weight is 455 g/mol. The molecular weight excluding hydrogens is 432 g/mol. The normalized spacial score (nSPS) is 20.2. The molecule has 2 aromatic carbocycles. The number of anilines is 1. The van der Waals surface area contributed by atoms with Crippen molar-refractivity contribution in [1.29, 1.82) is 0 Å². The fraction of sp³-hybridized carbons (Fsp3) is 0.348. The molecule has 2 fully saturated rings. The Morgan fingerprint density at radius 2 is 1.62 bits per heavy atom. The zero-order chi connectivity index (χ0) is 20.4. The highest BCUT2D eigenvalue weighted by molar-refractivity contribution is 9.10. The van der Waals surface area contributed by atoms with E-state index in [0.717, 1.165) is 15.7 Å². The first-order chi connectivity index (χ1) is 14.0. The molecule has 2 aliphatic heterocycles. The van der Waals surface area contributed by atoms with Gasteiger partial charge in [-0.2, -0.15) is 0 Å². The minimum Gasteiger partial charge on any atom is -0.342 e. The van der Waals surface area contributed by atoms with E-state index >= 15 is 0 Å². The van der Waals surface area contributed by atoms with Gasteiger partial charge in [0.05, 0.1) is 0 Å². The summed E-state index contributed by atoms with van der Waals surface area (Å²) in [4.78, 5) is 42.0. The number of piperidine rings is 1. The molecule has 1 atom stereocenters. The fourth-order valence-corrected chi connectivity index (χ4v) is 4.62. The van der Waals surface area contributed by atoms with Gasteiger partial charge in [-0.05, 0) is 37.5 Å². The van der Waals surface area contributed by atoms with Crippen LogP contribution in [-0.2, 0) is 9.59 Å². The van der Waals surface area contributed by atoms with Crippen molar-refractivity contribution in [3.63, 3.8) is 0 Å². The van der Waals surface area contributed by atoms with Crippen molar-refractivity contribution in [3.8, 4) is 0 Å². The van der Waals surface area contributed by atoms with Gasteiger partial charge in [-0.3, -0.25) is 14.4 Å². The number of hydrogen-bond donors (Lipinski definition) is 0. The molecule has 0 radical (unpaired) electrons. The molecule has 150 valence electrons. The number of hydrogen-bond acceptors (Lipinski definition) is 3. The van der Waals surface area contributed by atoms with Crippen LogP contribution in [0.1, 0.15) is 29.6 Å². The van der Waals surface area contributed by atoms with E-state index in [1.165, 1.54) is 0 Å². The number of carbonyl (C=O) groups is 3. The summed E-state index contributed by atoms with van der Waals surface area (Å²) in [5, 5.41) is 0. The number of likely N-dealkylation sites (tertiary alicyclic amines) is 1. The van der Waals surface area contributed by atoms with Crippen molar-refractivity contribution in [2.45, 2.75) is 19.3 Å². The zero-order valence-corrected chi connectivity index (χ0v) is 17.7. The highest BCUT2D eigenvalue weighted by atomic mass is 79.9. The lowest BCUT2D eigenvalue weighted by Gasteiger charge is -2.32. The molecule has 0 aliphatic carbocycles. The van der Waals surface area contributed by atoms with E-state index < -0.39 is 5.92 Å². The molecule has 1 unspecified atom stereocenters. The van der Waals surface area contributed by atoms with Gasteiger partial charge in [-0.25, -0.2) is 0 Å². The third-order valence-electron chi connectivity index (χ3n) is 5.86. The minimum absolute atomic E-state index is 0.0566. The summed E-state index contributed by atoms with van der Waals surface area (Å²) in [5.41, 5.74) is 1.54. The molecule has 2 amide bonds. The topological polar surface area (TPSA) is 57.7 Å². The predicted molar refractivity (Wildman–Crippen MR) is 115 cm³/mol. The van der Waals surface area contributed by atoms with Crippen molar-refractivity contribution in [3.05, 3.63) is 64.6 Å². The lowest BCUT2D eigenvalue weighted by Crippen LogP contribution is -2.45. The standard InChI is InChI=1S/C23H23BrN2O3/c24-18-7-4-8-19(15-18)26-14-11-20(23(26)29)22(28)25-12-9-17(10-13-25)21(27)16-5-2-1-3-6-16/h1-8,15,17,20H,9-14H2. The molecule has 0 saturated carbocycles. The summed E-state index contributed by atoms with van der Waals surface area (Å²) < 4.78 is 0.905. The summed E-state index contributed by atoms with van der Waals surface area (Å²) in [6, 6.07) is 16.9. The van der Waals surface area contributed by atoms with Gasteiger partial charge in [0.2, 0.25) is 11.8 Å². The molecule has 2 saturated heterocycles. The average Bonchev–Trinajstić information content (AvgIpc) is 3.15. The van der Waals surface area contributed by atoms with E-state index in [4.69, 9.17) is 0 Å². The van der Waals surface area contributed by atoms with Crippen molar-refractivity contribution in [2.75, 3.05) is 24.5 Å². The maximum atomic E-state index is 13.0. The van der Waals surface area contributed by atoms with E-state index in [2.05, 4.69) is 15.9 Å². The van der Waals surface area contributed by atoms with Gasteiger partial charge in [0.1, 0.15) is 5.92 Å². The molecular formula is C23H23BrN2O3. The van der Waals surface area contributed by atoms with E-state index in [1.54, 1.807) is 9.80 Å². The molecule has 0 aromatic heterocycles. The maximum absolute atomic E-state index is 13.0. The van der Waals surface area contributed by atoms with Crippen molar-refractivity contribution in [2.24, 2.45) is 11.8 Å². The molecule has 5 nitrogen and oxygen atoms in total. The lowest BCUT2D eigenvalue weighted by molar-refractivity contribution is -0.140. The summed E-state index contributed by atoms with van der Waals surface area (Å²) >= 11 is 3.43. The first-order valence-corrected chi connectivity index (χ1v) is 10.8. The monoisotopic (exact) mass is 454 g/mol. The third-order valence-corrected chi connectivity index (χ3v) is 6.35. The van der Waals surface area contributed by atoms with Gasteiger partial charge >= 0.3 is 0 Å². The minimum atomic E-state index is -0.615. The SMILES string of the molecule is O=C(c1ccccc1)C1CCN(C(=O)C2CCN(c3cccc(Br)c3)C2=O)CC1. The Kier molecular flexibility index (Phi) is 5.81. The quantitative estimate of drug-likeness (QED) is 0.519. The second kappa shape index (κ2) is 8.49. The van der Waals surface area contributed by atoms with Crippen molar-refractivity contribution < 1.29 is 14.4 Å². The number of nitrogens with zero attached hydrogens (tertiary/aromatic N) is 2. The molecule has 6 heteroatoms. The number of Topliss-reactive ketones (excluding diaryl/α,β-unsaturated/α-hetero) is 1. The molecule has 2 aliphatic rings. The number of benzene rings is 2. The van der Waals surface area contributed by atoms with Crippen LogP contribution in [0.15, 0.2) is 59.1 Å². The highest BCUT2D eigenvalue weighted by Gasteiger charge is 2.40. The number of halogens is 1. The van der Waals surface area contributed by atoms with E-state index in [-0.39, 0.29) is 23.5 Å². The van der Waals surface area contributed by atoms with Crippen LogP contribution >= 0.6 is 15.9 Å².